The van der Waals surface area contributed by atoms with Crippen molar-refractivity contribution in [1.29, 1.82) is 0 Å². The maximum Gasteiger partial charge on any atom is 0.0541 e. The lowest BCUT2D eigenvalue weighted by atomic mass is 9.96. The summed E-state index contributed by atoms with van der Waals surface area (Å²) in [6.45, 7) is 15.8. The molecule has 0 amide bonds. The van der Waals surface area contributed by atoms with Crippen LogP contribution >= 0.6 is 0 Å². The van der Waals surface area contributed by atoms with Gasteiger partial charge in [0, 0.05) is 89.6 Å². The third kappa shape index (κ3) is 5.66. The standard InChI is InChI=1S/C58H50N4/c1-57(2,3)35-59-49-19-11-7-15-41(49)47-33-39(25-29-51(47)59)61-53-21-13-9-17-43(53)45-31-37(23-27-55(45)61)38-24-28-56-46(32-38)44-18-10-14-22-54(44)62(56)40-26-30-52-48(34-40)42-16-8-12-20-50(42)60(52)36-58(4,5)6/h7-34H,35-36H2,1-6H3. The maximum atomic E-state index is 2.51. The maximum absolute atomic E-state index is 2.51. The van der Waals surface area contributed by atoms with Crippen LogP contribution in [0.2, 0.25) is 0 Å². The zero-order valence-corrected chi connectivity index (χ0v) is 36.4. The first-order valence-corrected chi connectivity index (χ1v) is 22.1. The van der Waals surface area contributed by atoms with Crippen LogP contribution in [-0.2, 0) is 13.1 Å². The van der Waals surface area contributed by atoms with E-state index in [1.54, 1.807) is 0 Å². The van der Waals surface area contributed by atoms with Gasteiger partial charge in [-0.1, -0.05) is 126 Å². The first-order chi connectivity index (χ1) is 30.0. The van der Waals surface area contributed by atoms with E-state index >= 15 is 0 Å². The molecule has 0 aliphatic heterocycles. The minimum Gasteiger partial charge on any atom is -0.340 e. The van der Waals surface area contributed by atoms with Gasteiger partial charge in [0.1, 0.15) is 0 Å². The van der Waals surface area contributed by atoms with Crippen molar-refractivity contribution < 1.29 is 0 Å². The van der Waals surface area contributed by atoms with Crippen LogP contribution in [0.3, 0.4) is 0 Å². The average molecular weight is 803 g/mol. The molecule has 4 heteroatoms. The van der Waals surface area contributed by atoms with Crippen LogP contribution in [0.4, 0.5) is 0 Å². The summed E-state index contributed by atoms with van der Waals surface area (Å²) in [5.41, 5.74) is 15.1. The molecule has 0 bridgehead atoms. The van der Waals surface area contributed by atoms with E-state index in [4.69, 9.17) is 0 Å². The molecule has 0 N–H and O–H groups in total. The lowest BCUT2D eigenvalue weighted by Gasteiger charge is -2.21. The minimum absolute atomic E-state index is 0.157. The van der Waals surface area contributed by atoms with Crippen molar-refractivity contribution in [2.45, 2.75) is 54.6 Å². The molecule has 12 aromatic rings. The van der Waals surface area contributed by atoms with Gasteiger partial charge < -0.3 is 18.3 Å². The molecule has 0 saturated heterocycles. The summed E-state index contributed by atoms with van der Waals surface area (Å²) in [5, 5.41) is 10.2. The molecule has 0 aliphatic rings. The molecule has 0 spiro atoms. The Balaban J connectivity index is 0.998. The zero-order valence-electron chi connectivity index (χ0n) is 36.4. The number of hydrogen-bond acceptors (Lipinski definition) is 0. The fourth-order valence-electron chi connectivity index (χ4n) is 10.5. The fourth-order valence-corrected chi connectivity index (χ4v) is 10.5. The van der Waals surface area contributed by atoms with Crippen LogP contribution in [0.1, 0.15) is 41.5 Å². The molecule has 0 atom stereocenters. The SMILES string of the molecule is CC(C)(C)Cn1c2ccccc2c2cc(-n3c4ccccc4c4cc(-c5ccc6c(c5)c5ccccc5n6-c5ccc6c(c5)c5ccccc5n6CC(C)(C)C)ccc43)ccc21. The molecule has 0 saturated carbocycles. The van der Waals surface area contributed by atoms with E-state index < -0.39 is 0 Å². The largest absolute Gasteiger partial charge is 0.340 e. The number of hydrogen-bond donors (Lipinski definition) is 0. The van der Waals surface area contributed by atoms with Crippen LogP contribution in [0.5, 0.6) is 0 Å². The summed E-state index contributed by atoms with van der Waals surface area (Å²) in [6, 6.07) is 63.7. The second kappa shape index (κ2) is 13.2. The normalized spacial score (nSPS) is 12.8. The molecular weight excluding hydrogens is 753 g/mol. The van der Waals surface area contributed by atoms with Gasteiger partial charge in [0.25, 0.3) is 0 Å². The molecule has 4 heterocycles. The topological polar surface area (TPSA) is 19.7 Å². The Bertz CT molecular complexity index is 3520. The highest BCUT2D eigenvalue weighted by Gasteiger charge is 2.22. The first-order valence-electron chi connectivity index (χ1n) is 22.1. The van der Waals surface area contributed by atoms with Gasteiger partial charge in [0.15, 0.2) is 0 Å². The van der Waals surface area contributed by atoms with Gasteiger partial charge >= 0.3 is 0 Å². The minimum atomic E-state index is 0.157. The van der Waals surface area contributed by atoms with Crippen molar-refractivity contribution in [2.75, 3.05) is 0 Å². The molecule has 302 valence electrons. The molecule has 62 heavy (non-hydrogen) atoms. The molecule has 4 nitrogen and oxygen atoms in total. The highest BCUT2D eigenvalue weighted by molar-refractivity contribution is 6.15. The summed E-state index contributed by atoms with van der Waals surface area (Å²) in [4.78, 5) is 0. The smallest absolute Gasteiger partial charge is 0.0541 e. The summed E-state index contributed by atoms with van der Waals surface area (Å²) in [6.07, 6.45) is 0. The lowest BCUT2D eigenvalue weighted by Crippen LogP contribution is -2.15. The average Bonchev–Trinajstić information content (AvgIpc) is 3.97. The number of nitrogens with zero attached hydrogens (tertiary/aromatic N) is 4. The van der Waals surface area contributed by atoms with Gasteiger partial charge in [0.2, 0.25) is 0 Å². The van der Waals surface area contributed by atoms with Gasteiger partial charge in [-0.2, -0.15) is 0 Å². The number of para-hydroxylation sites is 4. The molecule has 8 aromatic carbocycles. The Hall–Kier alpha value is -7.04. The van der Waals surface area contributed by atoms with E-state index in [1.807, 2.05) is 0 Å². The molecule has 0 fully saturated rings. The Morgan fingerprint density at radius 3 is 0.968 bits per heavy atom. The third-order valence-electron chi connectivity index (χ3n) is 13.0. The highest BCUT2D eigenvalue weighted by atomic mass is 15.0. The van der Waals surface area contributed by atoms with Gasteiger partial charge in [-0.15, -0.1) is 0 Å². The molecular formula is C58H50N4. The predicted octanol–water partition coefficient (Wildman–Crippen LogP) is 15.9. The van der Waals surface area contributed by atoms with E-state index in [2.05, 4.69) is 230 Å². The summed E-state index contributed by atoms with van der Waals surface area (Å²) >= 11 is 0. The van der Waals surface area contributed by atoms with Crippen LogP contribution in [-0.4, -0.2) is 18.3 Å². The van der Waals surface area contributed by atoms with E-state index in [0.717, 1.165) is 13.1 Å². The Kier molecular flexibility index (Phi) is 7.85. The Morgan fingerprint density at radius 2 is 0.581 bits per heavy atom. The van der Waals surface area contributed by atoms with Gasteiger partial charge in [-0.05, 0) is 107 Å². The predicted molar refractivity (Wildman–Crippen MR) is 265 cm³/mol. The van der Waals surface area contributed by atoms with Gasteiger partial charge in [-0.25, -0.2) is 0 Å². The second-order valence-corrected chi connectivity index (χ2v) is 19.9. The molecule has 0 unspecified atom stereocenters. The van der Waals surface area contributed by atoms with Crippen molar-refractivity contribution in [2.24, 2.45) is 10.8 Å². The quantitative estimate of drug-likeness (QED) is 0.165. The lowest BCUT2D eigenvalue weighted by molar-refractivity contribution is 0.354. The number of benzene rings is 8. The van der Waals surface area contributed by atoms with E-state index in [0.29, 0.717) is 0 Å². The van der Waals surface area contributed by atoms with Gasteiger partial charge in [-0.3, -0.25) is 0 Å². The highest BCUT2D eigenvalue weighted by Crippen LogP contribution is 2.41. The monoisotopic (exact) mass is 802 g/mol. The van der Waals surface area contributed by atoms with Crippen LogP contribution in [0, 0.1) is 10.8 Å². The van der Waals surface area contributed by atoms with Crippen molar-refractivity contribution >= 4 is 87.2 Å². The second-order valence-electron chi connectivity index (χ2n) is 19.9. The molecule has 0 aliphatic carbocycles. The van der Waals surface area contributed by atoms with E-state index in [-0.39, 0.29) is 10.8 Å². The van der Waals surface area contributed by atoms with Crippen LogP contribution in [0.15, 0.2) is 170 Å². The van der Waals surface area contributed by atoms with Crippen molar-refractivity contribution in [3.05, 3.63) is 170 Å². The Labute approximate surface area is 361 Å². The van der Waals surface area contributed by atoms with Crippen molar-refractivity contribution in [3.63, 3.8) is 0 Å². The zero-order chi connectivity index (χ0) is 42.1. The fraction of sp³-hybridized carbons (Fsp3) is 0.172. The molecule has 4 aromatic heterocycles. The summed E-state index contributed by atoms with van der Waals surface area (Å²) in [5.74, 6) is 0. The number of rotatable bonds is 5. The first kappa shape index (κ1) is 36.8. The Morgan fingerprint density at radius 1 is 0.290 bits per heavy atom. The summed E-state index contributed by atoms with van der Waals surface area (Å²) in [7, 11) is 0. The van der Waals surface area contributed by atoms with E-state index in [1.165, 1.54) is 110 Å². The van der Waals surface area contributed by atoms with Crippen LogP contribution < -0.4 is 0 Å². The van der Waals surface area contributed by atoms with E-state index in [9.17, 15) is 0 Å². The number of aromatic nitrogens is 4. The van der Waals surface area contributed by atoms with Crippen molar-refractivity contribution in [3.8, 4) is 22.5 Å². The number of fused-ring (bicyclic) bond motifs is 12. The third-order valence-corrected chi connectivity index (χ3v) is 13.0. The van der Waals surface area contributed by atoms with Crippen molar-refractivity contribution in [1.82, 2.24) is 18.3 Å². The summed E-state index contributed by atoms with van der Waals surface area (Å²) < 4.78 is 9.93. The molecule has 12 rings (SSSR count). The van der Waals surface area contributed by atoms with Crippen LogP contribution in [0.25, 0.3) is 110 Å². The molecule has 0 radical (unpaired) electrons. The van der Waals surface area contributed by atoms with Gasteiger partial charge in [0.05, 0.1) is 22.1 Å².